The number of hydrogen-bond acceptors (Lipinski definition) is 4. The second kappa shape index (κ2) is 6.17. The Balaban J connectivity index is 2.14. The van der Waals surface area contributed by atoms with Gasteiger partial charge >= 0.3 is 0 Å². The normalized spacial score (nSPS) is 14.7. The Morgan fingerprint density at radius 1 is 0.850 bits per heavy atom. The molecule has 0 radical (unpaired) electrons. The minimum Gasteiger partial charge on any atom is -0.389 e. The van der Waals surface area contributed by atoms with Crippen LogP contribution in [0.5, 0.6) is 0 Å². The van der Waals surface area contributed by atoms with Crippen LogP contribution in [0.2, 0.25) is 0 Å². The van der Waals surface area contributed by atoms with Crippen molar-refractivity contribution in [2.45, 2.75) is 17.1 Å². The van der Waals surface area contributed by atoms with Crippen LogP contribution < -0.4 is 0 Å². The highest BCUT2D eigenvalue weighted by molar-refractivity contribution is 7.91. The van der Waals surface area contributed by atoms with Gasteiger partial charge in [-0.2, -0.15) is 0 Å². The van der Waals surface area contributed by atoms with Crippen LogP contribution in [0.1, 0.15) is 11.7 Å². The van der Waals surface area contributed by atoms with Gasteiger partial charge in [0, 0.05) is 0 Å². The first-order chi connectivity index (χ1) is 9.50. The van der Waals surface area contributed by atoms with E-state index in [9.17, 15) is 18.6 Å². The monoisotopic (exact) mass is 292 g/mol. The van der Waals surface area contributed by atoms with E-state index in [4.69, 9.17) is 0 Å². The molecule has 2 rings (SSSR count). The average molecular weight is 292 g/mol. The molecule has 2 aromatic carbocycles. The summed E-state index contributed by atoms with van der Waals surface area (Å²) < 4.78 is 24.2. The summed E-state index contributed by atoms with van der Waals surface area (Å²) in [7, 11) is -3.62. The fourth-order valence-electron chi connectivity index (χ4n) is 1.91. The van der Waals surface area contributed by atoms with E-state index in [-0.39, 0.29) is 4.90 Å². The molecular formula is C15H16O4S. The average Bonchev–Trinajstić information content (AvgIpc) is 2.48. The number of aliphatic hydroxyl groups excluding tert-OH is 2. The summed E-state index contributed by atoms with van der Waals surface area (Å²) in [5.74, 6) is -0.521. The fraction of sp³-hybridized carbons (Fsp3) is 0.200. The minimum absolute atomic E-state index is 0.138. The minimum atomic E-state index is -3.62. The summed E-state index contributed by atoms with van der Waals surface area (Å²) in [6.07, 6.45) is -2.60. The molecule has 0 spiro atoms. The third-order valence-electron chi connectivity index (χ3n) is 3.00. The Kier molecular flexibility index (Phi) is 4.54. The predicted molar refractivity (Wildman–Crippen MR) is 75.9 cm³/mol. The Morgan fingerprint density at radius 3 is 1.90 bits per heavy atom. The number of benzene rings is 2. The number of aliphatic hydroxyl groups is 2. The van der Waals surface area contributed by atoms with E-state index in [2.05, 4.69) is 0 Å². The molecule has 0 unspecified atom stereocenters. The highest BCUT2D eigenvalue weighted by Gasteiger charge is 2.25. The maximum atomic E-state index is 12.1. The van der Waals surface area contributed by atoms with Gasteiger partial charge in [0.25, 0.3) is 0 Å². The molecule has 2 N–H and O–H groups in total. The first-order valence-electron chi connectivity index (χ1n) is 6.19. The molecule has 0 bridgehead atoms. The molecule has 0 aliphatic carbocycles. The van der Waals surface area contributed by atoms with E-state index in [1.165, 1.54) is 12.1 Å². The van der Waals surface area contributed by atoms with Gasteiger partial charge in [0.2, 0.25) is 0 Å². The van der Waals surface area contributed by atoms with Crippen LogP contribution in [0, 0.1) is 0 Å². The van der Waals surface area contributed by atoms with Gasteiger partial charge in [-0.25, -0.2) is 8.42 Å². The van der Waals surface area contributed by atoms with Crippen LogP contribution in [0.4, 0.5) is 0 Å². The zero-order valence-electron chi connectivity index (χ0n) is 10.8. The summed E-state index contributed by atoms with van der Waals surface area (Å²) in [6, 6.07) is 16.4. The molecule has 2 atom stereocenters. The Morgan fingerprint density at radius 2 is 1.35 bits per heavy atom. The first kappa shape index (κ1) is 14.7. The molecule has 0 saturated carbocycles. The summed E-state index contributed by atoms with van der Waals surface area (Å²) >= 11 is 0. The summed E-state index contributed by atoms with van der Waals surface area (Å²) in [5, 5.41) is 19.9. The molecule has 106 valence electrons. The third-order valence-corrected chi connectivity index (χ3v) is 4.77. The standard InChI is InChI=1S/C15H16O4S/c16-14(15(17)12-7-3-1-4-8-12)11-20(18,19)13-9-5-2-6-10-13/h1-10,14-17H,11H2/t14-,15-/m0/s1. The summed E-state index contributed by atoms with van der Waals surface area (Å²) in [4.78, 5) is 0.138. The zero-order chi connectivity index (χ0) is 14.6. The van der Waals surface area contributed by atoms with Crippen LogP contribution in [0.3, 0.4) is 0 Å². The van der Waals surface area contributed by atoms with Gasteiger partial charge in [-0.05, 0) is 17.7 Å². The molecule has 20 heavy (non-hydrogen) atoms. The highest BCUT2D eigenvalue weighted by atomic mass is 32.2. The van der Waals surface area contributed by atoms with Crippen molar-refractivity contribution in [1.29, 1.82) is 0 Å². The van der Waals surface area contributed by atoms with Gasteiger partial charge in [-0.3, -0.25) is 0 Å². The Bertz CT molecular complexity index is 638. The molecule has 2 aromatic rings. The number of rotatable bonds is 5. The second-order valence-corrected chi connectivity index (χ2v) is 6.55. The van der Waals surface area contributed by atoms with Crippen molar-refractivity contribution in [3.05, 3.63) is 66.2 Å². The number of sulfone groups is 1. The van der Waals surface area contributed by atoms with Crippen LogP contribution >= 0.6 is 0 Å². The lowest BCUT2D eigenvalue weighted by Crippen LogP contribution is -2.27. The van der Waals surface area contributed by atoms with Crippen molar-refractivity contribution in [2.24, 2.45) is 0 Å². The van der Waals surface area contributed by atoms with E-state index < -0.39 is 27.8 Å². The Labute approximate surface area is 118 Å². The van der Waals surface area contributed by atoms with Gasteiger partial charge in [-0.1, -0.05) is 48.5 Å². The number of hydrogen-bond donors (Lipinski definition) is 2. The molecule has 0 aliphatic rings. The molecule has 5 heteroatoms. The SMILES string of the molecule is O=S(=O)(C[C@H](O)[C@@H](O)c1ccccc1)c1ccccc1. The lowest BCUT2D eigenvalue weighted by molar-refractivity contribution is 0.0325. The van der Waals surface area contributed by atoms with Crippen molar-refractivity contribution in [3.63, 3.8) is 0 Å². The van der Waals surface area contributed by atoms with Crippen molar-refractivity contribution in [1.82, 2.24) is 0 Å². The van der Waals surface area contributed by atoms with Crippen molar-refractivity contribution in [2.75, 3.05) is 5.75 Å². The summed E-state index contributed by atoms with van der Waals surface area (Å²) in [6.45, 7) is 0. The van der Waals surface area contributed by atoms with Crippen molar-refractivity contribution >= 4 is 9.84 Å². The quantitative estimate of drug-likeness (QED) is 0.877. The van der Waals surface area contributed by atoms with E-state index in [1.54, 1.807) is 48.5 Å². The first-order valence-corrected chi connectivity index (χ1v) is 7.85. The lowest BCUT2D eigenvalue weighted by Gasteiger charge is -2.18. The molecule has 0 fully saturated rings. The highest BCUT2D eigenvalue weighted by Crippen LogP contribution is 2.20. The van der Waals surface area contributed by atoms with E-state index in [1.807, 2.05) is 0 Å². The third kappa shape index (κ3) is 3.45. The molecule has 0 saturated heterocycles. The summed E-state index contributed by atoms with van der Waals surface area (Å²) in [5.41, 5.74) is 0.489. The van der Waals surface area contributed by atoms with Crippen LogP contribution in [0.15, 0.2) is 65.6 Å². The second-order valence-electron chi connectivity index (χ2n) is 4.52. The molecule has 0 aliphatic heterocycles. The lowest BCUT2D eigenvalue weighted by atomic mass is 10.1. The van der Waals surface area contributed by atoms with E-state index >= 15 is 0 Å². The predicted octanol–water partition coefficient (Wildman–Crippen LogP) is 1.55. The molecular weight excluding hydrogens is 276 g/mol. The van der Waals surface area contributed by atoms with E-state index in [0.29, 0.717) is 5.56 Å². The van der Waals surface area contributed by atoms with Gasteiger partial charge in [0.05, 0.1) is 16.8 Å². The van der Waals surface area contributed by atoms with Crippen LogP contribution in [-0.4, -0.2) is 30.5 Å². The fourth-order valence-corrected chi connectivity index (χ4v) is 3.31. The maximum Gasteiger partial charge on any atom is 0.181 e. The largest absolute Gasteiger partial charge is 0.389 e. The van der Waals surface area contributed by atoms with Gasteiger partial charge < -0.3 is 10.2 Å². The van der Waals surface area contributed by atoms with Gasteiger partial charge in [0.1, 0.15) is 6.10 Å². The van der Waals surface area contributed by atoms with Crippen molar-refractivity contribution in [3.8, 4) is 0 Å². The van der Waals surface area contributed by atoms with Crippen molar-refractivity contribution < 1.29 is 18.6 Å². The van der Waals surface area contributed by atoms with Gasteiger partial charge in [0.15, 0.2) is 9.84 Å². The topological polar surface area (TPSA) is 74.6 Å². The molecule has 4 nitrogen and oxygen atoms in total. The molecule has 0 amide bonds. The van der Waals surface area contributed by atoms with Gasteiger partial charge in [-0.15, -0.1) is 0 Å². The van der Waals surface area contributed by atoms with Crippen LogP contribution in [0.25, 0.3) is 0 Å². The molecule has 0 heterocycles. The van der Waals surface area contributed by atoms with Crippen LogP contribution in [-0.2, 0) is 9.84 Å². The Hall–Kier alpha value is -1.69. The zero-order valence-corrected chi connectivity index (χ0v) is 11.6. The maximum absolute atomic E-state index is 12.1. The van der Waals surface area contributed by atoms with E-state index in [0.717, 1.165) is 0 Å². The molecule has 0 aromatic heterocycles. The smallest absolute Gasteiger partial charge is 0.181 e.